The van der Waals surface area contributed by atoms with E-state index in [9.17, 15) is 9.59 Å². The van der Waals surface area contributed by atoms with Gasteiger partial charge in [0.2, 0.25) is 0 Å². The maximum atomic E-state index is 12.2. The monoisotopic (exact) mass is 374 g/mol. The van der Waals surface area contributed by atoms with Crippen LogP contribution in [-0.2, 0) is 4.79 Å². The average molecular weight is 376 g/mol. The van der Waals surface area contributed by atoms with Crippen molar-refractivity contribution in [3.05, 3.63) is 27.7 Å². The Hall–Kier alpha value is -1.27. The first-order chi connectivity index (χ1) is 9.95. The van der Waals surface area contributed by atoms with Crippen molar-refractivity contribution < 1.29 is 14.7 Å². The van der Waals surface area contributed by atoms with E-state index in [-0.39, 0.29) is 18.4 Å². The molecule has 2 rings (SSSR count). The van der Waals surface area contributed by atoms with Crippen molar-refractivity contribution in [1.29, 1.82) is 0 Å². The number of halogens is 2. The van der Waals surface area contributed by atoms with E-state index in [1.165, 1.54) is 0 Å². The van der Waals surface area contributed by atoms with E-state index >= 15 is 0 Å². The molecule has 1 heterocycles. The van der Waals surface area contributed by atoms with Gasteiger partial charge in [0.1, 0.15) is 0 Å². The normalized spacial score (nSPS) is 17.8. The van der Waals surface area contributed by atoms with Crippen molar-refractivity contribution >= 4 is 45.2 Å². The molecular weight excluding hydrogens is 360 g/mol. The van der Waals surface area contributed by atoms with Gasteiger partial charge in [0.15, 0.2) is 0 Å². The number of nitrogens with zero attached hydrogens (tertiary/aromatic N) is 1. The lowest BCUT2D eigenvalue weighted by atomic mass is 10.0. The molecule has 5 nitrogen and oxygen atoms in total. The molecule has 2 amide bonds. The summed E-state index contributed by atoms with van der Waals surface area (Å²) >= 11 is 9.21. The third-order valence-corrected chi connectivity index (χ3v) is 4.40. The molecular formula is C14H16BrClN2O3. The van der Waals surface area contributed by atoms with Crippen LogP contribution in [-0.4, -0.2) is 35.1 Å². The van der Waals surface area contributed by atoms with E-state index < -0.39 is 5.97 Å². The van der Waals surface area contributed by atoms with Gasteiger partial charge in [-0.15, -0.1) is 0 Å². The van der Waals surface area contributed by atoms with Gasteiger partial charge in [0.05, 0.1) is 5.69 Å². The first-order valence-electron chi connectivity index (χ1n) is 6.68. The number of rotatable bonds is 4. The number of nitrogens with one attached hydrogen (secondary N) is 1. The largest absolute Gasteiger partial charge is 0.481 e. The third kappa shape index (κ3) is 4.61. The fourth-order valence-electron chi connectivity index (χ4n) is 2.37. The molecule has 1 atom stereocenters. The highest BCUT2D eigenvalue weighted by molar-refractivity contribution is 9.10. The van der Waals surface area contributed by atoms with Crippen LogP contribution in [0.15, 0.2) is 22.7 Å². The van der Waals surface area contributed by atoms with Crippen LogP contribution in [0.3, 0.4) is 0 Å². The minimum Gasteiger partial charge on any atom is -0.481 e. The van der Waals surface area contributed by atoms with Crippen molar-refractivity contribution in [1.82, 2.24) is 4.90 Å². The van der Waals surface area contributed by atoms with Crippen LogP contribution in [0.4, 0.5) is 10.5 Å². The van der Waals surface area contributed by atoms with E-state index in [1.807, 2.05) is 0 Å². The Morgan fingerprint density at radius 3 is 2.90 bits per heavy atom. The molecule has 1 saturated heterocycles. The van der Waals surface area contributed by atoms with Crippen LogP contribution in [0.5, 0.6) is 0 Å². The molecule has 1 aliphatic rings. The smallest absolute Gasteiger partial charge is 0.321 e. The highest BCUT2D eigenvalue weighted by Gasteiger charge is 2.26. The molecule has 1 aromatic rings. The number of carboxylic acids is 1. The van der Waals surface area contributed by atoms with Gasteiger partial charge in [-0.3, -0.25) is 4.79 Å². The molecule has 1 aliphatic heterocycles. The van der Waals surface area contributed by atoms with Gasteiger partial charge in [0, 0.05) is 29.0 Å². The Morgan fingerprint density at radius 2 is 2.24 bits per heavy atom. The van der Waals surface area contributed by atoms with Crippen molar-refractivity contribution in [3.63, 3.8) is 0 Å². The molecule has 0 spiro atoms. The molecule has 1 aromatic carbocycles. The molecule has 1 unspecified atom stereocenters. The Bertz CT molecular complexity index is 553. The van der Waals surface area contributed by atoms with Crippen molar-refractivity contribution in [2.75, 3.05) is 18.4 Å². The molecule has 21 heavy (non-hydrogen) atoms. The second-order valence-corrected chi connectivity index (χ2v) is 6.38. The highest BCUT2D eigenvalue weighted by Crippen LogP contribution is 2.27. The topological polar surface area (TPSA) is 69.6 Å². The number of aliphatic carboxylic acids is 1. The number of likely N-dealkylation sites (tertiary alicyclic amines) is 1. The number of hydrogen-bond acceptors (Lipinski definition) is 2. The summed E-state index contributed by atoms with van der Waals surface area (Å²) in [5.74, 6) is -0.525. The zero-order valence-electron chi connectivity index (χ0n) is 11.3. The summed E-state index contributed by atoms with van der Waals surface area (Å²) in [6, 6.07) is 5.00. The fraction of sp³-hybridized carbons (Fsp3) is 0.429. The Balaban J connectivity index is 1.88. The van der Waals surface area contributed by atoms with E-state index in [0.29, 0.717) is 30.2 Å². The van der Waals surface area contributed by atoms with Gasteiger partial charge < -0.3 is 15.3 Å². The van der Waals surface area contributed by atoms with E-state index in [0.717, 1.165) is 10.9 Å². The molecule has 2 N–H and O–H groups in total. The molecule has 0 radical (unpaired) electrons. The first kappa shape index (κ1) is 16.1. The van der Waals surface area contributed by atoms with Crippen LogP contribution < -0.4 is 5.32 Å². The van der Waals surface area contributed by atoms with Crippen molar-refractivity contribution in [3.8, 4) is 0 Å². The number of amides is 2. The van der Waals surface area contributed by atoms with Gasteiger partial charge in [-0.05, 0) is 52.9 Å². The van der Waals surface area contributed by atoms with Gasteiger partial charge in [-0.25, -0.2) is 4.79 Å². The summed E-state index contributed by atoms with van der Waals surface area (Å²) in [5.41, 5.74) is 0.665. The summed E-state index contributed by atoms with van der Waals surface area (Å²) in [5, 5.41) is 12.1. The molecule has 0 aromatic heterocycles. The predicted octanol–water partition coefficient (Wildman–Crippen LogP) is 3.82. The molecule has 114 valence electrons. The molecule has 0 bridgehead atoms. The highest BCUT2D eigenvalue weighted by atomic mass is 79.9. The van der Waals surface area contributed by atoms with Crippen LogP contribution in [0, 0.1) is 5.92 Å². The van der Waals surface area contributed by atoms with E-state index in [4.69, 9.17) is 16.7 Å². The SMILES string of the molecule is O=C(O)CCC1CCN(C(=O)Nc2ccc(Cl)cc2Br)C1. The molecule has 0 aliphatic carbocycles. The molecule has 7 heteroatoms. The Labute approximate surface area is 136 Å². The number of carboxylic acid groups (broad SMARTS) is 1. The Kier molecular flexibility index (Phi) is 5.47. The van der Waals surface area contributed by atoms with E-state index in [1.54, 1.807) is 23.1 Å². The van der Waals surface area contributed by atoms with Crippen LogP contribution in [0.2, 0.25) is 5.02 Å². The van der Waals surface area contributed by atoms with Crippen LogP contribution >= 0.6 is 27.5 Å². The maximum Gasteiger partial charge on any atom is 0.321 e. The molecule has 0 saturated carbocycles. The lowest BCUT2D eigenvalue weighted by Gasteiger charge is -2.18. The summed E-state index contributed by atoms with van der Waals surface area (Å²) in [6.45, 7) is 1.26. The van der Waals surface area contributed by atoms with Crippen LogP contribution in [0.25, 0.3) is 0 Å². The second-order valence-electron chi connectivity index (χ2n) is 5.09. The Morgan fingerprint density at radius 1 is 1.48 bits per heavy atom. The number of benzene rings is 1. The van der Waals surface area contributed by atoms with Gasteiger partial charge in [0.25, 0.3) is 0 Å². The zero-order valence-corrected chi connectivity index (χ0v) is 13.7. The minimum atomic E-state index is -0.789. The quantitative estimate of drug-likeness (QED) is 0.840. The average Bonchev–Trinajstić information content (AvgIpc) is 2.88. The summed E-state index contributed by atoms with van der Waals surface area (Å²) in [7, 11) is 0. The first-order valence-corrected chi connectivity index (χ1v) is 7.85. The number of hydrogen-bond donors (Lipinski definition) is 2. The minimum absolute atomic E-state index is 0.156. The van der Waals surface area contributed by atoms with Gasteiger partial charge in [-0.2, -0.15) is 0 Å². The number of carbonyl (C=O) groups is 2. The predicted molar refractivity (Wildman–Crippen MR) is 84.7 cm³/mol. The summed E-state index contributed by atoms with van der Waals surface area (Å²) in [4.78, 5) is 24.5. The third-order valence-electron chi connectivity index (χ3n) is 3.51. The maximum absolute atomic E-state index is 12.2. The lowest BCUT2D eigenvalue weighted by molar-refractivity contribution is -0.137. The van der Waals surface area contributed by atoms with Gasteiger partial charge >= 0.3 is 12.0 Å². The zero-order chi connectivity index (χ0) is 15.4. The van der Waals surface area contributed by atoms with Crippen LogP contribution in [0.1, 0.15) is 19.3 Å². The number of urea groups is 1. The number of carbonyl (C=O) groups excluding carboxylic acids is 1. The van der Waals surface area contributed by atoms with Gasteiger partial charge in [-0.1, -0.05) is 11.6 Å². The standard InChI is InChI=1S/C14H16BrClN2O3/c15-11-7-10(16)2-3-12(11)17-14(21)18-6-5-9(8-18)1-4-13(19)20/h2-3,7,9H,1,4-6,8H2,(H,17,21)(H,19,20). The second kappa shape index (κ2) is 7.13. The summed E-state index contributed by atoms with van der Waals surface area (Å²) < 4.78 is 0.727. The van der Waals surface area contributed by atoms with Crippen molar-refractivity contribution in [2.45, 2.75) is 19.3 Å². The molecule has 1 fully saturated rings. The summed E-state index contributed by atoms with van der Waals surface area (Å²) in [6.07, 6.45) is 1.62. The fourth-order valence-corrected chi connectivity index (χ4v) is 3.15. The van der Waals surface area contributed by atoms with Crippen molar-refractivity contribution in [2.24, 2.45) is 5.92 Å². The number of anilines is 1. The van der Waals surface area contributed by atoms with E-state index in [2.05, 4.69) is 21.2 Å². The lowest BCUT2D eigenvalue weighted by Crippen LogP contribution is -2.33.